The molecule has 3 aromatic carbocycles. The zero-order chi connectivity index (χ0) is 21.7. The molecule has 0 aliphatic carbocycles. The molecule has 1 heterocycles. The first-order chi connectivity index (χ1) is 15.0. The Bertz CT molecular complexity index is 1220. The van der Waals surface area contributed by atoms with Crippen molar-refractivity contribution in [3.8, 4) is 5.75 Å². The van der Waals surface area contributed by atoms with Gasteiger partial charge in [0.05, 0.1) is 17.2 Å². The van der Waals surface area contributed by atoms with E-state index in [1.807, 2.05) is 36.4 Å². The van der Waals surface area contributed by atoms with Crippen molar-refractivity contribution in [1.29, 1.82) is 0 Å². The summed E-state index contributed by atoms with van der Waals surface area (Å²) in [6, 6.07) is 23.7. The number of amidine groups is 1. The third kappa shape index (κ3) is 4.92. The molecule has 1 aliphatic heterocycles. The molecule has 3 aromatic rings. The van der Waals surface area contributed by atoms with Gasteiger partial charge < -0.3 is 10.1 Å². The largest absolute Gasteiger partial charge is 0.491 e. The Hall–Kier alpha value is -3.65. The van der Waals surface area contributed by atoms with Gasteiger partial charge in [0.15, 0.2) is 0 Å². The minimum atomic E-state index is -3.63. The monoisotopic (exact) mass is 435 g/mol. The van der Waals surface area contributed by atoms with Gasteiger partial charge in [0.2, 0.25) is 5.91 Å². The van der Waals surface area contributed by atoms with Crippen LogP contribution in [0.1, 0.15) is 11.1 Å². The lowest BCUT2D eigenvalue weighted by molar-refractivity contribution is -0.114. The van der Waals surface area contributed by atoms with Crippen LogP contribution >= 0.6 is 0 Å². The van der Waals surface area contributed by atoms with E-state index in [2.05, 4.69) is 15.0 Å². The summed E-state index contributed by atoms with van der Waals surface area (Å²) in [5.74, 6) is 0.347. The maximum absolute atomic E-state index is 12.4. The van der Waals surface area contributed by atoms with E-state index in [0.29, 0.717) is 23.6 Å². The van der Waals surface area contributed by atoms with Gasteiger partial charge in [-0.3, -0.25) is 14.5 Å². The average molecular weight is 436 g/mol. The topological polar surface area (TPSA) is 96.9 Å². The molecule has 0 bridgehead atoms. The van der Waals surface area contributed by atoms with Crippen molar-refractivity contribution >= 4 is 27.5 Å². The van der Waals surface area contributed by atoms with Crippen LogP contribution in [0.4, 0.5) is 5.69 Å². The number of amides is 1. The van der Waals surface area contributed by atoms with E-state index in [9.17, 15) is 13.2 Å². The van der Waals surface area contributed by atoms with Crippen LogP contribution in [0.2, 0.25) is 0 Å². The van der Waals surface area contributed by atoms with E-state index >= 15 is 0 Å². The molecule has 0 radical (unpaired) electrons. The Morgan fingerprint density at radius 2 is 1.65 bits per heavy atom. The third-order valence-corrected chi connectivity index (χ3v) is 6.09. The smallest absolute Gasteiger partial charge is 0.263 e. The molecular formula is C23H21N3O4S. The standard InChI is InChI=1S/C23H21N3O4S/c27-22(16-24-23-18-10-4-7-13-21(18)31(28,29)26-23)25-19-11-5-6-12-20(19)30-15-14-17-8-2-1-3-9-17/h1-13H,14-16H2,(H,24,26)(H,25,27). The lowest BCUT2D eigenvalue weighted by Gasteiger charge is -2.12. The van der Waals surface area contributed by atoms with Crippen LogP contribution in [0.5, 0.6) is 5.75 Å². The second kappa shape index (κ2) is 9.01. The molecule has 31 heavy (non-hydrogen) atoms. The SMILES string of the molecule is O=C(CN=C1NS(=O)(=O)c2ccccc21)Nc1ccccc1OCCc1ccccc1. The fraction of sp³-hybridized carbons (Fsp3) is 0.130. The summed E-state index contributed by atoms with van der Waals surface area (Å²) in [6.45, 7) is 0.238. The Morgan fingerprint density at radius 3 is 2.48 bits per heavy atom. The molecular weight excluding hydrogens is 414 g/mol. The van der Waals surface area contributed by atoms with Gasteiger partial charge in [-0.05, 0) is 29.8 Å². The fourth-order valence-corrected chi connectivity index (χ4v) is 4.46. The summed E-state index contributed by atoms with van der Waals surface area (Å²) in [5.41, 5.74) is 2.16. The fourth-order valence-electron chi connectivity index (χ4n) is 3.21. The van der Waals surface area contributed by atoms with Crippen LogP contribution < -0.4 is 14.8 Å². The first kappa shape index (κ1) is 20.6. The number of benzene rings is 3. The highest BCUT2D eigenvalue weighted by Crippen LogP contribution is 2.24. The van der Waals surface area contributed by atoms with Crippen LogP contribution in [0, 0.1) is 0 Å². The first-order valence-corrected chi connectivity index (χ1v) is 11.2. The summed E-state index contributed by atoms with van der Waals surface area (Å²) in [7, 11) is -3.63. The second-order valence-electron chi connectivity index (χ2n) is 6.89. The van der Waals surface area contributed by atoms with Crippen molar-refractivity contribution in [2.24, 2.45) is 4.99 Å². The maximum atomic E-state index is 12.4. The predicted octanol–water partition coefficient (Wildman–Crippen LogP) is 2.99. The summed E-state index contributed by atoms with van der Waals surface area (Å²) in [6.07, 6.45) is 0.746. The number of anilines is 1. The van der Waals surface area contributed by atoms with Gasteiger partial charge in [-0.2, -0.15) is 0 Å². The number of carbonyl (C=O) groups excluding carboxylic acids is 1. The number of fused-ring (bicyclic) bond motifs is 1. The highest BCUT2D eigenvalue weighted by molar-refractivity contribution is 7.90. The Balaban J connectivity index is 1.39. The Labute approximate surface area is 180 Å². The third-order valence-electron chi connectivity index (χ3n) is 4.70. The number of hydrogen-bond acceptors (Lipinski definition) is 5. The number of ether oxygens (including phenoxy) is 1. The highest BCUT2D eigenvalue weighted by Gasteiger charge is 2.30. The molecule has 0 unspecified atom stereocenters. The van der Waals surface area contributed by atoms with Crippen molar-refractivity contribution in [3.63, 3.8) is 0 Å². The molecule has 1 aliphatic rings. The van der Waals surface area contributed by atoms with Crippen LogP contribution in [0.3, 0.4) is 0 Å². The molecule has 0 saturated heterocycles. The molecule has 0 saturated carbocycles. The van der Waals surface area contributed by atoms with Crippen LogP contribution in [0.25, 0.3) is 0 Å². The van der Waals surface area contributed by atoms with E-state index in [4.69, 9.17) is 4.74 Å². The van der Waals surface area contributed by atoms with Crippen molar-refractivity contribution in [1.82, 2.24) is 4.72 Å². The van der Waals surface area contributed by atoms with E-state index in [0.717, 1.165) is 6.42 Å². The summed E-state index contributed by atoms with van der Waals surface area (Å²) >= 11 is 0. The normalized spacial score (nSPS) is 15.2. The first-order valence-electron chi connectivity index (χ1n) is 9.75. The molecule has 8 heteroatoms. The Kier molecular flexibility index (Phi) is 5.99. The van der Waals surface area contributed by atoms with Gasteiger partial charge >= 0.3 is 0 Å². The second-order valence-corrected chi connectivity index (χ2v) is 8.55. The quantitative estimate of drug-likeness (QED) is 0.596. The lowest BCUT2D eigenvalue weighted by Crippen LogP contribution is -2.24. The van der Waals surface area contributed by atoms with Gasteiger partial charge in [-0.1, -0.05) is 54.6 Å². The number of carbonyl (C=O) groups is 1. The van der Waals surface area contributed by atoms with E-state index in [1.165, 1.54) is 11.6 Å². The maximum Gasteiger partial charge on any atom is 0.263 e. The minimum absolute atomic E-state index is 0.159. The molecule has 2 N–H and O–H groups in total. The number of hydrogen-bond donors (Lipinski definition) is 2. The number of rotatable bonds is 7. The van der Waals surface area contributed by atoms with Crippen molar-refractivity contribution in [3.05, 3.63) is 90.0 Å². The van der Waals surface area contributed by atoms with Gasteiger partial charge in [0, 0.05) is 12.0 Å². The number of sulfonamides is 1. The number of nitrogens with one attached hydrogen (secondary N) is 2. The molecule has 0 fully saturated rings. The lowest BCUT2D eigenvalue weighted by atomic mass is 10.2. The van der Waals surface area contributed by atoms with E-state index in [-0.39, 0.29) is 23.2 Å². The number of aliphatic imine (C=N–C) groups is 1. The van der Waals surface area contributed by atoms with Crippen LogP contribution in [0.15, 0.2) is 88.8 Å². The summed E-state index contributed by atoms with van der Waals surface area (Å²) in [5, 5.41) is 2.78. The highest BCUT2D eigenvalue weighted by atomic mass is 32.2. The molecule has 7 nitrogen and oxygen atoms in total. The van der Waals surface area contributed by atoms with Gasteiger partial charge in [0.25, 0.3) is 10.0 Å². The van der Waals surface area contributed by atoms with Gasteiger partial charge in [0.1, 0.15) is 18.1 Å². The van der Waals surface area contributed by atoms with E-state index in [1.54, 1.807) is 36.4 Å². The van der Waals surface area contributed by atoms with Crippen molar-refractivity contribution in [2.75, 3.05) is 18.5 Å². The predicted molar refractivity (Wildman–Crippen MR) is 119 cm³/mol. The molecule has 158 valence electrons. The zero-order valence-corrected chi connectivity index (χ0v) is 17.4. The average Bonchev–Trinajstić information content (AvgIpc) is 3.05. The molecule has 0 aromatic heterocycles. The summed E-state index contributed by atoms with van der Waals surface area (Å²) < 4.78 is 32.5. The van der Waals surface area contributed by atoms with Crippen molar-refractivity contribution < 1.29 is 17.9 Å². The summed E-state index contributed by atoms with van der Waals surface area (Å²) in [4.78, 5) is 16.8. The molecule has 0 atom stereocenters. The molecule has 0 spiro atoms. The number of nitrogens with zero attached hydrogens (tertiary/aromatic N) is 1. The minimum Gasteiger partial charge on any atom is -0.491 e. The van der Waals surface area contributed by atoms with Crippen molar-refractivity contribution in [2.45, 2.75) is 11.3 Å². The van der Waals surface area contributed by atoms with Gasteiger partial charge in [-0.25, -0.2) is 8.42 Å². The molecule has 4 rings (SSSR count). The van der Waals surface area contributed by atoms with Crippen LogP contribution in [-0.4, -0.2) is 33.3 Å². The molecule has 1 amide bonds. The van der Waals surface area contributed by atoms with Crippen LogP contribution in [-0.2, 0) is 21.2 Å². The van der Waals surface area contributed by atoms with Gasteiger partial charge in [-0.15, -0.1) is 0 Å². The Morgan fingerprint density at radius 1 is 0.935 bits per heavy atom. The van der Waals surface area contributed by atoms with E-state index < -0.39 is 10.0 Å². The number of para-hydroxylation sites is 2. The zero-order valence-electron chi connectivity index (χ0n) is 16.6.